The summed E-state index contributed by atoms with van der Waals surface area (Å²) in [6.07, 6.45) is 0. The van der Waals surface area contributed by atoms with Crippen LogP contribution in [0.3, 0.4) is 0 Å². The molecular weight excluding hydrogens is 1250 g/mol. The third-order valence-corrected chi connectivity index (χ3v) is 20.3. The minimum absolute atomic E-state index is 0.0390. The fourth-order valence-corrected chi connectivity index (χ4v) is 15.2. The Kier molecular flexibility index (Phi) is 22.1. The average molecular weight is 1360 g/mol. The smallest absolute Gasteiger partial charge is 0.00960 e. The highest BCUT2D eigenvalue weighted by atomic mass is 14.3. The van der Waals surface area contributed by atoms with Gasteiger partial charge >= 0.3 is 0 Å². The number of hydrogen-bond acceptors (Lipinski definition) is 0. The van der Waals surface area contributed by atoms with Crippen molar-refractivity contribution < 1.29 is 0 Å². The summed E-state index contributed by atoms with van der Waals surface area (Å²) in [5.74, 6) is 0. The van der Waals surface area contributed by atoms with Gasteiger partial charge in [0.15, 0.2) is 0 Å². The Morgan fingerprint density at radius 2 is 0.375 bits per heavy atom. The van der Waals surface area contributed by atoms with Crippen molar-refractivity contribution in [2.75, 3.05) is 0 Å². The van der Waals surface area contributed by atoms with Crippen LogP contribution in [0.5, 0.6) is 0 Å². The van der Waals surface area contributed by atoms with Gasteiger partial charge in [-0.1, -0.05) is 422 Å². The SMILES string of the molecule is CC(C)(C)c1c(-c2ccccc2)cccc1-c1ccccc1.CC(C)(C)c1ccc(-c2cccc(-c3ccc(C(C)(C)C)cc3)c2C(C)(C)C)cc1.CC(C)(C)c1ccc2c(c1)-c1ccccc1-c1ccccc1-c1ccccc1-2.Cc1cc(C)c(-c2ccccc2)c(C(C)(C)C)c1-c1ccccc1. The molecule has 0 bridgehead atoms. The second-order valence-electron chi connectivity index (χ2n) is 34.6. The maximum absolute atomic E-state index is 2.40. The molecule has 526 valence electrons. The van der Waals surface area contributed by atoms with Crippen LogP contribution in [0, 0.1) is 13.8 Å². The Bertz CT molecular complexity index is 4850. The van der Waals surface area contributed by atoms with Gasteiger partial charge < -0.3 is 0 Å². The van der Waals surface area contributed by atoms with Gasteiger partial charge in [0.25, 0.3) is 0 Å². The standard InChI is InChI=1S/C30H38.C28H24.C24H26.C22H22/c1-28(2,3)23-17-13-21(14-18-23)25-11-10-12-26(27(25)30(7,8)9)22-15-19-24(20-16-22)29(4,5)6;1-28(2,3)19-16-17-26-24-14-7-6-12-22(24)20-10-4-5-11-21(20)23-13-8-9-15-25(23)27(26)18-19;1-17-16-18(2)22(20-14-10-7-11-15-20)23(24(3,4)5)21(17)19-12-8-6-9-13-19;1-22(2,3)21-19(17-11-6-4-7-12-17)15-10-16-20(21)18-13-8-5-9-14-18/h10-20H,1-9H3;4-18H,1-3H3;6-16H,1-5H3;4-16H,1-3H3. The van der Waals surface area contributed by atoms with E-state index in [1.807, 2.05) is 0 Å². The summed E-state index contributed by atoms with van der Waals surface area (Å²) in [4.78, 5) is 0. The normalized spacial score (nSPS) is 12.0. The van der Waals surface area contributed by atoms with Gasteiger partial charge in [0.1, 0.15) is 0 Å². The molecule has 0 amide bonds. The summed E-state index contributed by atoms with van der Waals surface area (Å²) >= 11 is 0. The van der Waals surface area contributed by atoms with Crippen LogP contribution in [0.25, 0.3) is 111 Å². The Labute approximate surface area is 626 Å². The summed E-state index contributed by atoms with van der Waals surface area (Å²) in [5.41, 5.74) is 38.0. The molecule has 0 aliphatic heterocycles. The monoisotopic (exact) mass is 1360 g/mol. The van der Waals surface area contributed by atoms with Crippen molar-refractivity contribution in [2.24, 2.45) is 0 Å². The van der Waals surface area contributed by atoms with E-state index >= 15 is 0 Å². The predicted octanol–water partition coefficient (Wildman–Crippen LogP) is 30.1. The van der Waals surface area contributed by atoms with E-state index in [0.29, 0.717) is 0 Å². The third kappa shape index (κ3) is 16.9. The van der Waals surface area contributed by atoms with Crippen LogP contribution in [-0.4, -0.2) is 0 Å². The van der Waals surface area contributed by atoms with Crippen LogP contribution in [0.2, 0.25) is 0 Å². The first-order valence-electron chi connectivity index (χ1n) is 37.6. The molecule has 0 saturated carbocycles. The van der Waals surface area contributed by atoms with Crippen molar-refractivity contribution in [3.05, 3.63) is 348 Å². The molecule has 0 radical (unpaired) electrons. The largest absolute Gasteiger partial charge is 0.0622 e. The number of rotatable bonds is 6. The van der Waals surface area contributed by atoms with Crippen LogP contribution < -0.4 is 0 Å². The molecule has 0 saturated heterocycles. The lowest BCUT2D eigenvalue weighted by atomic mass is 9.74. The highest BCUT2D eigenvalue weighted by Crippen LogP contribution is 2.50. The molecule has 13 aromatic carbocycles. The molecule has 13 aromatic rings. The number of fused-ring (bicyclic) bond motifs is 8. The molecule has 0 spiro atoms. The molecule has 1 aliphatic carbocycles. The van der Waals surface area contributed by atoms with E-state index < -0.39 is 0 Å². The summed E-state index contributed by atoms with van der Waals surface area (Å²) in [6.45, 7) is 45.7. The van der Waals surface area contributed by atoms with E-state index in [0.717, 1.165) is 0 Å². The van der Waals surface area contributed by atoms with E-state index in [-0.39, 0.29) is 32.5 Å². The second-order valence-corrected chi connectivity index (χ2v) is 34.6. The third-order valence-electron chi connectivity index (χ3n) is 20.3. The van der Waals surface area contributed by atoms with Crippen molar-refractivity contribution in [1.29, 1.82) is 0 Å². The predicted molar refractivity (Wildman–Crippen MR) is 455 cm³/mol. The fraction of sp³-hybridized carbons (Fsp3) is 0.250. The van der Waals surface area contributed by atoms with Gasteiger partial charge in [-0.15, -0.1) is 0 Å². The Morgan fingerprint density at radius 3 is 0.644 bits per heavy atom. The number of aryl methyl sites for hydroxylation is 2. The van der Waals surface area contributed by atoms with Crippen molar-refractivity contribution in [3.63, 3.8) is 0 Å². The average Bonchev–Trinajstić information content (AvgIpc) is 0.760. The Hall–Kier alpha value is -10.1. The lowest BCUT2D eigenvalue weighted by Gasteiger charge is -2.30. The Balaban J connectivity index is 0.000000140. The highest BCUT2D eigenvalue weighted by Gasteiger charge is 2.30. The van der Waals surface area contributed by atoms with Crippen molar-refractivity contribution in [1.82, 2.24) is 0 Å². The molecule has 0 heterocycles. The van der Waals surface area contributed by atoms with Gasteiger partial charge in [-0.2, -0.15) is 0 Å². The first-order valence-corrected chi connectivity index (χ1v) is 37.6. The van der Waals surface area contributed by atoms with Crippen LogP contribution in [0.1, 0.15) is 169 Å². The quantitative estimate of drug-likeness (QED) is 0.156. The zero-order valence-electron chi connectivity index (χ0n) is 65.9. The molecule has 1 aliphatic rings. The lowest BCUT2D eigenvalue weighted by Crippen LogP contribution is -2.16. The molecule has 104 heavy (non-hydrogen) atoms. The van der Waals surface area contributed by atoms with E-state index in [9.17, 15) is 0 Å². The highest BCUT2D eigenvalue weighted by molar-refractivity contribution is 6.03. The summed E-state index contributed by atoms with van der Waals surface area (Å²) in [7, 11) is 0. The summed E-state index contributed by atoms with van der Waals surface area (Å²) in [5, 5.41) is 0. The lowest BCUT2D eigenvalue weighted by molar-refractivity contribution is 0.589. The first-order chi connectivity index (χ1) is 49.3. The Morgan fingerprint density at radius 1 is 0.154 bits per heavy atom. The molecule has 0 aromatic heterocycles. The van der Waals surface area contributed by atoms with Gasteiger partial charge in [0, 0.05) is 0 Å². The zero-order chi connectivity index (χ0) is 74.5. The number of hydrogen-bond donors (Lipinski definition) is 0. The fourth-order valence-electron chi connectivity index (χ4n) is 15.2. The van der Waals surface area contributed by atoms with Gasteiger partial charge in [0.05, 0.1) is 0 Å². The van der Waals surface area contributed by atoms with Crippen molar-refractivity contribution >= 4 is 0 Å². The van der Waals surface area contributed by atoms with Gasteiger partial charge in [-0.05, 0) is 208 Å². The molecule has 0 unspecified atom stereocenters. The van der Waals surface area contributed by atoms with Crippen molar-refractivity contribution in [3.8, 4) is 111 Å². The second kappa shape index (κ2) is 30.7. The minimum Gasteiger partial charge on any atom is -0.0622 e. The topological polar surface area (TPSA) is 0 Å². The maximum Gasteiger partial charge on any atom is -0.00960 e. The molecule has 0 heteroatoms. The van der Waals surface area contributed by atoms with E-state index in [1.54, 1.807) is 0 Å². The molecule has 0 N–H and O–H groups in total. The van der Waals surface area contributed by atoms with Gasteiger partial charge in [-0.25, -0.2) is 0 Å². The van der Waals surface area contributed by atoms with Crippen LogP contribution in [-0.2, 0) is 32.5 Å². The zero-order valence-corrected chi connectivity index (χ0v) is 65.9. The van der Waals surface area contributed by atoms with Crippen molar-refractivity contribution in [2.45, 2.75) is 171 Å². The molecular formula is C104H110. The van der Waals surface area contributed by atoms with Crippen LogP contribution >= 0.6 is 0 Å². The maximum atomic E-state index is 2.40. The summed E-state index contributed by atoms with van der Waals surface area (Å²) < 4.78 is 0. The van der Waals surface area contributed by atoms with E-state index in [4.69, 9.17) is 0 Å². The van der Waals surface area contributed by atoms with E-state index in [1.165, 1.54) is 156 Å². The summed E-state index contributed by atoms with van der Waals surface area (Å²) in [6, 6.07) is 110. The molecule has 0 fully saturated rings. The molecule has 14 rings (SSSR count). The van der Waals surface area contributed by atoms with E-state index in [2.05, 4.69) is 442 Å². The van der Waals surface area contributed by atoms with Gasteiger partial charge in [0.2, 0.25) is 0 Å². The minimum atomic E-state index is 0.0390. The van der Waals surface area contributed by atoms with Crippen LogP contribution in [0.15, 0.2) is 303 Å². The van der Waals surface area contributed by atoms with Crippen LogP contribution in [0.4, 0.5) is 0 Å². The molecule has 0 atom stereocenters. The van der Waals surface area contributed by atoms with Gasteiger partial charge in [-0.3, -0.25) is 0 Å². The first kappa shape index (κ1) is 75.0. The molecule has 0 nitrogen and oxygen atoms in total. The number of benzene rings is 13.